The van der Waals surface area contributed by atoms with Gasteiger partial charge in [-0.05, 0) is 52.4 Å². The molecular formula is C21H29N3O3. The predicted molar refractivity (Wildman–Crippen MR) is 101 cm³/mol. The van der Waals surface area contributed by atoms with Crippen molar-refractivity contribution in [2.75, 3.05) is 26.2 Å². The molecule has 1 aromatic rings. The fourth-order valence-electron chi connectivity index (χ4n) is 4.66. The molecule has 2 fully saturated rings. The monoisotopic (exact) mass is 371 g/mol. The van der Waals surface area contributed by atoms with E-state index in [0.29, 0.717) is 31.8 Å². The molecule has 6 nitrogen and oxygen atoms in total. The van der Waals surface area contributed by atoms with Gasteiger partial charge >= 0.3 is 0 Å². The van der Waals surface area contributed by atoms with Gasteiger partial charge in [-0.1, -0.05) is 16.8 Å². The molecule has 0 bridgehead atoms. The molecule has 3 heterocycles. The highest BCUT2D eigenvalue weighted by Gasteiger charge is 2.45. The normalized spacial score (nSPS) is 21.5. The van der Waals surface area contributed by atoms with Crippen molar-refractivity contribution in [3.8, 4) is 0 Å². The molecule has 1 spiro atoms. The predicted octanol–water partition coefficient (Wildman–Crippen LogP) is 2.97. The molecule has 0 aromatic carbocycles. The second-order valence-electron chi connectivity index (χ2n) is 8.67. The lowest BCUT2D eigenvalue weighted by Crippen LogP contribution is -2.44. The van der Waals surface area contributed by atoms with Crippen molar-refractivity contribution in [1.82, 2.24) is 15.0 Å². The van der Waals surface area contributed by atoms with E-state index in [4.69, 9.17) is 4.52 Å². The molecule has 1 aliphatic carbocycles. The number of amides is 2. The number of likely N-dealkylation sites (tertiary alicyclic amines) is 2. The summed E-state index contributed by atoms with van der Waals surface area (Å²) < 4.78 is 5.43. The molecule has 2 amide bonds. The Kier molecular flexibility index (Phi) is 4.82. The average molecular weight is 371 g/mol. The zero-order valence-electron chi connectivity index (χ0n) is 16.4. The van der Waals surface area contributed by atoms with E-state index in [1.165, 1.54) is 5.57 Å². The smallest absolute Gasteiger partial charge is 0.292 e. The maximum atomic E-state index is 12.9. The lowest BCUT2D eigenvalue weighted by Gasteiger charge is -2.38. The lowest BCUT2D eigenvalue weighted by atomic mass is 9.77. The molecule has 2 aliphatic heterocycles. The molecule has 6 heteroatoms. The van der Waals surface area contributed by atoms with Crippen LogP contribution in [0.4, 0.5) is 0 Å². The minimum Gasteiger partial charge on any atom is -0.350 e. The summed E-state index contributed by atoms with van der Waals surface area (Å²) in [4.78, 5) is 29.2. The molecule has 0 N–H and O–H groups in total. The first-order chi connectivity index (χ1) is 13.0. The van der Waals surface area contributed by atoms with Gasteiger partial charge in [0.15, 0.2) is 0 Å². The van der Waals surface area contributed by atoms with E-state index in [9.17, 15) is 9.59 Å². The number of piperidine rings is 1. The van der Waals surface area contributed by atoms with Gasteiger partial charge in [0, 0.05) is 43.6 Å². The minimum atomic E-state index is -0.0220. The standard InChI is InChI=1S/C21H29N3O3/c1-15(2)7-10-24-14-21(13-18(24)25)8-11-23(12-9-21)20(26)19-16-5-3-4-6-17(16)22-27-19/h7H,3-6,8-14H2,1-2H3. The molecule has 3 aliphatic rings. The fourth-order valence-corrected chi connectivity index (χ4v) is 4.66. The SMILES string of the molecule is CC(C)=CCN1CC2(CCN(C(=O)c3onc4c3CCCC4)CC2)CC1=O. The van der Waals surface area contributed by atoms with Crippen molar-refractivity contribution in [3.63, 3.8) is 0 Å². The van der Waals surface area contributed by atoms with Gasteiger partial charge in [-0.15, -0.1) is 0 Å². The van der Waals surface area contributed by atoms with Crippen LogP contribution in [0.3, 0.4) is 0 Å². The number of carbonyl (C=O) groups excluding carboxylic acids is 2. The number of hydrogen-bond acceptors (Lipinski definition) is 4. The third-order valence-corrected chi connectivity index (χ3v) is 6.39. The maximum absolute atomic E-state index is 12.9. The number of nitrogens with zero attached hydrogens (tertiary/aromatic N) is 3. The number of aryl methyl sites for hydroxylation is 1. The molecule has 2 saturated heterocycles. The van der Waals surface area contributed by atoms with Crippen LogP contribution in [0.15, 0.2) is 16.2 Å². The van der Waals surface area contributed by atoms with E-state index in [1.54, 1.807) is 0 Å². The van der Waals surface area contributed by atoms with E-state index in [-0.39, 0.29) is 17.2 Å². The number of rotatable bonds is 3. The Morgan fingerprint density at radius 1 is 1.22 bits per heavy atom. The molecule has 0 atom stereocenters. The summed E-state index contributed by atoms with van der Waals surface area (Å²) >= 11 is 0. The maximum Gasteiger partial charge on any atom is 0.292 e. The Hall–Kier alpha value is -2.11. The molecule has 1 aromatic heterocycles. The van der Waals surface area contributed by atoms with Crippen LogP contribution >= 0.6 is 0 Å². The summed E-state index contributed by atoms with van der Waals surface area (Å²) in [5.74, 6) is 0.677. The number of carbonyl (C=O) groups is 2. The number of aromatic nitrogens is 1. The van der Waals surface area contributed by atoms with Crippen LogP contribution in [0.2, 0.25) is 0 Å². The molecule has 0 saturated carbocycles. The zero-order chi connectivity index (χ0) is 19.0. The van der Waals surface area contributed by atoms with Gasteiger partial charge in [-0.25, -0.2) is 0 Å². The van der Waals surface area contributed by atoms with Gasteiger partial charge in [-0.2, -0.15) is 0 Å². The topological polar surface area (TPSA) is 66.7 Å². The summed E-state index contributed by atoms with van der Waals surface area (Å²) in [6.45, 7) is 7.02. The minimum absolute atomic E-state index is 0.0220. The molecule has 4 rings (SSSR count). The van der Waals surface area contributed by atoms with Crippen LogP contribution in [0.25, 0.3) is 0 Å². The second-order valence-corrected chi connectivity index (χ2v) is 8.67. The van der Waals surface area contributed by atoms with Crippen LogP contribution < -0.4 is 0 Å². The van der Waals surface area contributed by atoms with E-state index in [2.05, 4.69) is 25.1 Å². The number of fused-ring (bicyclic) bond motifs is 1. The Labute approximate surface area is 160 Å². The first-order valence-corrected chi connectivity index (χ1v) is 10.2. The summed E-state index contributed by atoms with van der Waals surface area (Å²) in [5.41, 5.74) is 3.26. The number of hydrogen-bond donors (Lipinski definition) is 0. The Balaban J connectivity index is 1.39. The first kappa shape index (κ1) is 18.3. The van der Waals surface area contributed by atoms with Crippen molar-refractivity contribution >= 4 is 11.8 Å². The average Bonchev–Trinajstić information content (AvgIpc) is 3.21. The first-order valence-electron chi connectivity index (χ1n) is 10.2. The van der Waals surface area contributed by atoms with Gasteiger partial charge in [0.05, 0.1) is 5.69 Å². The highest BCUT2D eigenvalue weighted by atomic mass is 16.5. The molecule has 0 radical (unpaired) electrons. The molecule has 0 unspecified atom stereocenters. The Morgan fingerprint density at radius 2 is 1.96 bits per heavy atom. The van der Waals surface area contributed by atoms with Gasteiger partial charge in [0.1, 0.15) is 0 Å². The third-order valence-electron chi connectivity index (χ3n) is 6.39. The highest BCUT2D eigenvalue weighted by Crippen LogP contribution is 2.41. The summed E-state index contributed by atoms with van der Waals surface area (Å²) in [7, 11) is 0. The molecule has 27 heavy (non-hydrogen) atoms. The van der Waals surface area contributed by atoms with Crippen LogP contribution in [-0.4, -0.2) is 52.9 Å². The van der Waals surface area contributed by atoms with Crippen molar-refractivity contribution in [2.45, 2.75) is 58.8 Å². The summed E-state index contributed by atoms with van der Waals surface area (Å²) in [5, 5.41) is 4.12. The van der Waals surface area contributed by atoms with Crippen LogP contribution in [0.1, 0.15) is 67.8 Å². The van der Waals surface area contributed by atoms with Gasteiger partial charge in [-0.3, -0.25) is 9.59 Å². The highest BCUT2D eigenvalue weighted by molar-refractivity contribution is 5.93. The van der Waals surface area contributed by atoms with Gasteiger partial charge in [0.25, 0.3) is 5.91 Å². The van der Waals surface area contributed by atoms with E-state index in [1.807, 2.05) is 9.80 Å². The van der Waals surface area contributed by atoms with E-state index >= 15 is 0 Å². The quantitative estimate of drug-likeness (QED) is 0.766. The van der Waals surface area contributed by atoms with Gasteiger partial charge < -0.3 is 14.3 Å². The Morgan fingerprint density at radius 3 is 2.70 bits per heavy atom. The summed E-state index contributed by atoms with van der Waals surface area (Å²) in [6, 6.07) is 0. The van der Waals surface area contributed by atoms with Crippen LogP contribution in [-0.2, 0) is 17.6 Å². The van der Waals surface area contributed by atoms with E-state index in [0.717, 1.165) is 56.3 Å². The second kappa shape index (κ2) is 7.13. The number of allylic oxidation sites excluding steroid dienone is 1. The van der Waals surface area contributed by atoms with Crippen molar-refractivity contribution < 1.29 is 14.1 Å². The molecular weight excluding hydrogens is 342 g/mol. The largest absolute Gasteiger partial charge is 0.350 e. The third kappa shape index (κ3) is 3.54. The van der Waals surface area contributed by atoms with Gasteiger partial charge in [0.2, 0.25) is 11.7 Å². The van der Waals surface area contributed by atoms with Crippen molar-refractivity contribution in [1.29, 1.82) is 0 Å². The molecule has 146 valence electrons. The van der Waals surface area contributed by atoms with Crippen LogP contribution in [0, 0.1) is 5.41 Å². The van der Waals surface area contributed by atoms with Crippen LogP contribution in [0.5, 0.6) is 0 Å². The Bertz CT molecular complexity index is 768. The zero-order valence-corrected chi connectivity index (χ0v) is 16.4. The fraction of sp³-hybridized carbons (Fsp3) is 0.667. The van der Waals surface area contributed by atoms with E-state index < -0.39 is 0 Å². The van der Waals surface area contributed by atoms with Crippen molar-refractivity contribution in [2.24, 2.45) is 5.41 Å². The summed E-state index contributed by atoms with van der Waals surface area (Å²) in [6.07, 6.45) is 8.52. The lowest BCUT2D eigenvalue weighted by molar-refractivity contribution is -0.127. The van der Waals surface area contributed by atoms with Crippen molar-refractivity contribution in [3.05, 3.63) is 28.7 Å².